The fraction of sp³-hybridized carbons (Fsp3) is 0.167. The van der Waals surface area contributed by atoms with Gasteiger partial charge in [0.05, 0.1) is 37.7 Å². The number of rotatable bonds is 4. The Labute approximate surface area is 133 Å². The Morgan fingerprint density at radius 1 is 1.09 bits per heavy atom. The average Bonchev–Trinajstić information content (AvgIpc) is 3.15. The summed E-state index contributed by atoms with van der Waals surface area (Å²) >= 11 is 0. The van der Waals surface area contributed by atoms with Gasteiger partial charge in [0.1, 0.15) is 5.75 Å². The molecule has 4 rings (SSSR count). The van der Waals surface area contributed by atoms with Crippen molar-refractivity contribution in [1.29, 1.82) is 0 Å². The molecule has 0 saturated heterocycles. The van der Waals surface area contributed by atoms with Crippen molar-refractivity contribution in [2.24, 2.45) is 0 Å². The molecule has 0 aliphatic carbocycles. The van der Waals surface area contributed by atoms with E-state index in [9.17, 15) is 5.11 Å². The van der Waals surface area contributed by atoms with E-state index < -0.39 is 0 Å². The van der Waals surface area contributed by atoms with Crippen molar-refractivity contribution < 1.29 is 9.84 Å². The van der Waals surface area contributed by atoms with Gasteiger partial charge in [0.2, 0.25) is 0 Å². The molecule has 0 radical (unpaired) electrons. The third-order valence-electron chi connectivity index (χ3n) is 4.07. The molecule has 0 aliphatic rings. The van der Waals surface area contributed by atoms with Crippen LogP contribution in [0.5, 0.6) is 5.75 Å². The number of nitrogens with zero attached hydrogens (tertiary/aromatic N) is 3. The minimum absolute atomic E-state index is 0.0871. The summed E-state index contributed by atoms with van der Waals surface area (Å²) in [6.45, 7) is 0.617. The lowest BCUT2D eigenvalue weighted by molar-refractivity contribution is 0.269. The van der Waals surface area contributed by atoms with Crippen LogP contribution in [-0.4, -0.2) is 33.0 Å². The van der Waals surface area contributed by atoms with Crippen molar-refractivity contribution in [3.05, 3.63) is 54.7 Å². The molecule has 0 atom stereocenters. The zero-order valence-corrected chi connectivity index (χ0v) is 12.8. The Balaban J connectivity index is 1.91. The van der Waals surface area contributed by atoms with Crippen LogP contribution in [0, 0.1) is 0 Å². The van der Waals surface area contributed by atoms with Crippen LogP contribution in [0.2, 0.25) is 0 Å². The maximum absolute atomic E-state index is 9.37. The number of para-hydroxylation sites is 1. The number of hydrogen-bond donors (Lipinski definition) is 1. The minimum atomic E-state index is 0.0871. The number of fused-ring (bicyclic) bond motifs is 3. The molecule has 0 unspecified atom stereocenters. The highest BCUT2D eigenvalue weighted by Gasteiger charge is 2.14. The normalized spacial score (nSPS) is 11.4. The molecule has 0 saturated carbocycles. The molecule has 1 N–H and O–H groups in total. The molecule has 116 valence electrons. The Morgan fingerprint density at radius 2 is 1.87 bits per heavy atom. The second-order valence-corrected chi connectivity index (χ2v) is 5.39. The Morgan fingerprint density at radius 3 is 2.61 bits per heavy atom. The fourth-order valence-electron chi connectivity index (χ4n) is 2.97. The van der Waals surface area contributed by atoms with Gasteiger partial charge in [0.25, 0.3) is 0 Å². The zero-order chi connectivity index (χ0) is 15.8. The van der Waals surface area contributed by atoms with Crippen molar-refractivity contribution in [2.75, 3.05) is 13.7 Å². The molecule has 2 heterocycles. The molecule has 2 aromatic heterocycles. The molecule has 0 bridgehead atoms. The first kappa shape index (κ1) is 13.8. The summed E-state index contributed by atoms with van der Waals surface area (Å²) in [5.74, 6) is 0.827. The molecule has 0 fully saturated rings. The van der Waals surface area contributed by atoms with E-state index in [0.717, 1.165) is 33.6 Å². The van der Waals surface area contributed by atoms with E-state index >= 15 is 0 Å². The van der Waals surface area contributed by atoms with Crippen molar-refractivity contribution in [3.8, 4) is 17.0 Å². The molecule has 0 spiro atoms. The van der Waals surface area contributed by atoms with Crippen LogP contribution in [-0.2, 0) is 6.54 Å². The smallest absolute Gasteiger partial charge is 0.161 e. The van der Waals surface area contributed by atoms with Gasteiger partial charge in [0.15, 0.2) is 5.65 Å². The number of aliphatic hydroxyl groups excluding tert-OH is 1. The third-order valence-corrected chi connectivity index (χ3v) is 4.07. The molecular weight excluding hydrogens is 290 g/mol. The van der Waals surface area contributed by atoms with E-state index in [1.54, 1.807) is 7.11 Å². The average molecular weight is 307 g/mol. The van der Waals surface area contributed by atoms with E-state index in [1.807, 2.05) is 57.9 Å². The van der Waals surface area contributed by atoms with Crippen LogP contribution in [0.3, 0.4) is 0 Å². The lowest BCUT2D eigenvalue weighted by Gasteiger charge is -2.04. The van der Waals surface area contributed by atoms with E-state index in [2.05, 4.69) is 6.07 Å². The van der Waals surface area contributed by atoms with Gasteiger partial charge in [-0.3, -0.25) is 4.68 Å². The predicted molar refractivity (Wildman–Crippen MR) is 89.8 cm³/mol. The Kier molecular flexibility index (Phi) is 3.28. The lowest BCUT2D eigenvalue weighted by Crippen LogP contribution is -2.07. The summed E-state index contributed by atoms with van der Waals surface area (Å²) in [7, 11) is 1.66. The van der Waals surface area contributed by atoms with Crippen molar-refractivity contribution in [3.63, 3.8) is 0 Å². The number of hydrogen-bond acceptors (Lipinski definition) is 3. The van der Waals surface area contributed by atoms with E-state index in [-0.39, 0.29) is 6.61 Å². The van der Waals surface area contributed by atoms with Crippen LogP contribution >= 0.6 is 0 Å². The quantitative estimate of drug-likeness (QED) is 0.630. The molecule has 0 aliphatic heterocycles. The van der Waals surface area contributed by atoms with Crippen LogP contribution in [0.1, 0.15) is 0 Å². The Bertz CT molecular complexity index is 967. The first-order valence-electron chi connectivity index (χ1n) is 7.53. The highest BCUT2D eigenvalue weighted by atomic mass is 16.5. The van der Waals surface area contributed by atoms with Gasteiger partial charge in [-0.1, -0.05) is 12.1 Å². The zero-order valence-electron chi connectivity index (χ0n) is 12.8. The summed E-state index contributed by atoms with van der Waals surface area (Å²) in [6.07, 6.45) is 2.01. The summed E-state index contributed by atoms with van der Waals surface area (Å²) in [6, 6.07) is 16.0. The fourth-order valence-corrected chi connectivity index (χ4v) is 2.97. The van der Waals surface area contributed by atoms with Crippen molar-refractivity contribution >= 4 is 16.6 Å². The van der Waals surface area contributed by atoms with E-state index in [1.165, 1.54) is 0 Å². The van der Waals surface area contributed by atoms with Gasteiger partial charge < -0.3 is 9.84 Å². The number of imidazole rings is 1. The number of aromatic nitrogens is 3. The SMILES string of the molecule is COc1ccc(-c2cn3c(n2)c2ccccc2n3CCO)cc1. The second kappa shape index (κ2) is 5.44. The third kappa shape index (κ3) is 2.17. The van der Waals surface area contributed by atoms with Gasteiger partial charge in [-0.05, 0) is 36.4 Å². The topological polar surface area (TPSA) is 51.7 Å². The van der Waals surface area contributed by atoms with Gasteiger partial charge in [-0.2, -0.15) is 0 Å². The van der Waals surface area contributed by atoms with Crippen LogP contribution in [0.4, 0.5) is 0 Å². The monoisotopic (exact) mass is 307 g/mol. The van der Waals surface area contributed by atoms with Gasteiger partial charge in [0, 0.05) is 10.9 Å². The first-order chi connectivity index (χ1) is 11.3. The molecule has 4 aromatic rings. The van der Waals surface area contributed by atoms with Gasteiger partial charge in [-0.25, -0.2) is 9.50 Å². The van der Waals surface area contributed by atoms with E-state index in [4.69, 9.17) is 9.72 Å². The maximum Gasteiger partial charge on any atom is 0.161 e. The molecule has 5 nitrogen and oxygen atoms in total. The maximum atomic E-state index is 9.37. The number of ether oxygens (including phenoxy) is 1. The molecular formula is C18H17N3O2. The van der Waals surface area contributed by atoms with Crippen LogP contribution < -0.4 is 4.74 Å². The first-order valence-corrected chi connectivity index (χ1v) is 7.53. The largest absolute Gasteiger partial charge is 0.497 e. The summed E-state index contributed by atoms with van der Waals surface area (Å²) in [5, 5.41) is 10.5. The van der Waals surface area contributed by atoms with Gasteiger partial charge >= 0.3 is 0 Å². The number of aliphatic hydroxyl groups is 1. The molecule has 23 heavy (non-hydrogen) atoms. The summed E-state index contributed by atoms with van der Waals surface area (Å²) in [4.78, 5) is 4.79. The van der Waals surface area contributed by atoms with Crippen molar-refractivity contribution in [1.82, 2.24) is 14.2 Å². The summed E-state index contributed by atoms with van der Waals surface area (Å²) in [5.41, 5.74) is 3.92. The standard InChI is InChI=1S/C18H17N3O2/c1-23-14-8-6-13(7-9-14)16-12-21-18(19-16)15-4-2-3-5-17(15)20(21)10-11-22/h2-9,12,22H,10-11H2,1H3. The highest BCUT2D eigenvalue weighted by molar-refractivity contribution is 5.93. The second-order valence-electron chi connectivity index (χ2n) is 5.39. The van der Waals surface area contributed by atoms with Crippen molar-refractivity contribution in [2.45, 2.75) is 6.54 Å². The lowest BCUT2D eigenvalue weighted by atomic mass is 10.1. The molecule has 2 aromatic carbocycles. The molecule has 5 heteroatoms. The summed E-state index contributed by atoms with van der Waals surface area (Å²) < 4.78 is 9.26. The van der Waals surface area contributed by atoms with E-state index in [0.29, 0.717) is 6.54 Å². The van der Waals surface area contributed by atoms with Crippen LogP contribution in [0.15, 0.2) is 54.7 Å². The number of methoxy groups -OCH3 is 1. The highest BCUT2D eigenvalue weighted by Crippen LogP contribution is 2.27. The Hall–Kier alpha value is -2.79. The van der Waals surface area contributed by atoms with Crippen LogP contribution in [0.25, 0.3) is 27.8 Å². The minimum Gasteiger partial charge on any atom is -0.497 e. The van der Waals surface area contributed by atoms with Gasteiger partial charge in [-0.15, -0.1) is 0 Å². The predicted octanol–water partition coefficient (Wildman–Crippen LogP) is 2.96. The number of benzene rings is 2. The molecule has 0 amide bonds.